The summed E-state index contributed by atoms with van der Waals surface area (Å²) in [5, 5.41) is 68.1. The smallest absolute Gasteiger partial charge is 1.00 e. The van der Waals surface area contributed by atoms with Crippen LogP contribution in [0, 0.1) is 38.8 Å². The number of nitro benzene ring substituents is 1. The number of hydrogen-bond donors (Lipinski definition) is 6. The van der Waals surface area contributed by atoms with Gasteiger partial charge in [-0.1, -0.05) is 257 Å². The van der Waals surface area contributed by atoms with E-state index in [1.54, 1.807) is 16.2 Å². The van der Waals surface area contributed by atoms with Crippen molar-refractivity contribution in [2.24, 2.45) is 4.99 Å². The number of thiocarbonyl (C=S) groups is 2. The molecule has 6 aliphatic carbocycles. The standard InChI is InChI=1S/C15H14N4S.C14H11NS.C13H11NO2.C13H13N.C13H12.C10H7Br.C9H7Cl2NO3.C3H5.CCl2S.CH2O3.CH3.BrH.2K.Mg.HNO3.Pd.H2.H/c16-14-17-18-15(20)19(14)13-8-7-10(9-5-6-9)11-3-1-2-4-12(11)13;16-9-15-14-8-7-11(10-5-6-10)12-3-1-2-4-13(12)14;15-14(16)13-8-7-10(9-5-6-9)11-3-1-2-4-12(11)13;14-13-8-7-10(9-5-6-9)11-3-1-2-4-12(11)13;1-2-6-12-10(4-1)5-3-7-13(12)11-8-9-11;11-10-7-3-5-8-4-1-2-6-9(8)10;10-4-8(13)12-7-2-1-5(9(14)15)3-6(7)11;1-2-3-1;2-1(3)4;2-1-4-3;;;;;;2-1(3)4;;;/h1-4,7-9H,5-6H2,(H2,16,17)(H,18,20);1-4,7-8,10H,5-6H2;1-4,7-9H,5-6H2;1-4,7-9H,5-6,14H2;1-7,11H,8-9H2;1-7H;1-3H,4H2,(H,12,13)(H,14,15);1H,2-3H2;;1,3H;1H3;1H;;;;(H,2,3,4);;1H;/q;;;;;;;-1;;;-1;;2*+1;+2;;;;-1/p-2. The zero-order chi connectivity index (χ0) is 85.8. The van der Waals surface area contributed by atoms with E-state index in [9.17, 15) is 19.7 Å². The van der Waals surface area contributed by atoms with Crippen molar-refractivity contribution in [1.29, 1.82) is 0 Å². The van der Waals surface area contributed by atoms with Gasteiger partial charge in [0.1, 0.15) is 5.88 Å². The van der Waals surface area contributed by atoms with E-state index in [0.29, 0.717) is 28.2 Å². The van der Waals surface area contributed by atoms with Gasteiger partial charge in [0.25, 0.3) is 17.2 Å². The predicted octanol–water partition coefficient (Wildman–Crippen LogP) is 16.7. The van der Waals surface area contributed by atoms with E-state index in [0.717, 1.165) is 50.1 Å². The number of nitrogens with zero attached hydrogens (tertiary/aromatic N) is 5. The van der Waals surface area contributed by atoms with E-state index in [-0.39, 0.29) is 211 Å². The maximum atomic E-state index is 10.9. The van der Waals surface area contributed by atoms with E-state index in [2.05, 4.69) is 241 Å². The maximum Gasteiger partial charge on any atom is 2.00 e. The molecule has 1 heterocycles. The minimum absolute atomic E-state index is 0. The zero-order valence-electron chi connectivity index (χ0n) is 69.9. The van der Waals surface area contributed by atoms with Gasteiger partial charge < -0.3 is 69.5 Å². The number of nitrogens with one attached hydrogen (secondary N) is 2. The molecule has 20 nitrogen and oxygen atoms in total. The number of aliphatic imine (C=N–C) groups is 1. The molecule has 1 amide bonds. The summed E-state index contributed by atoms with van der Waals surface area (Å²) in [5.41, 5.74) is 22.5. The van der Waals surface area contributed by atoms with Crippen molar-refractivity contribution >= 4 is 243 Å². The molecule has 126 heavy (non-hydrogen) atoms. The van der Waals surface area contributed by atoms with E-state index in [1.165, 1.54) is 171 Å². The Morgan fingerprint density at radius 1 is 0.627 bits per heavy atom. The van der Waals surface area contributed by atoms with Crippen LogP contribution in [0.3, 0.4) is 0 Å². The first kappa shape index (κ1) is 112. The second-order valence-electron chi connectivity index (χ2n) is 28.2. The molecule has 0 radical (unpaired) electrons. The first-order valence-electron chi connectivity index (χ1n) is 38.2. The summed E-state index contributed by atoms with van der Waals surface area (Å²) in [6, 6.07) is 83.0. The number of carbonyl (C=O) groups is 3. The number of rotatable bonds is 12. The van der Waals surface area contributed by atoms with Gasteiger partial charge in [0.05, 0.1) is 43.1 Å². The molecule has 0 saturated heterocycles. The predicted molar refractivity (Wildman–Crippen MR) is 511 cm³/mol. The second-order valence-corrected chi connectivity index (χ2v) is 32.1. The van der Waals surface area contributed by atoms with E-state index < -0.39 is 17.0 Å². The number of nitrogens with two attached hydrogens (primary N) is 2. The molecule has 0 unspecified atom stereocenters. The fourth-order valence-electron chi connectivity index (χ4n) is 13.4. The van der Waals surface area contributed by atoms with Crippen LogP contribution in [0.5, 0.6) is 0 Å². The van der Waals surface area contributed by atoms with Crippen LogP contribution in [0.15, 0.2) is 258 Å². The number of nitrogen functional groups attached to an aromatic ring is 2. The molecule has 6 aliphatic rings. The average Bonchev–Trinajstić information content (AvgIpc) is 1.61. The third kappa shape index (κ3) is 34.7. The van der Waals surface area contributed by atoms with Gasteiger partial charge in [-0.3, -0.25) is 24.3 Å². The zero-order valence-corrected chi connectivity index (χ0v) is 86.7. The fraction of sp³-hybridized carbons (Fsp3) is 0.194. The van der Waals surface area contributed by atoms with Crippen LogP contribution < -0.4 is 142 Å². The molecule has 646 valence electrons. The number of non-ortho nitro benzene ring substituents is 1. The van der Waals surface area contributed by atoms with Crippen molar-refractivity contribution in [3.8, 4) is 5.69 Å². The fourth-order valence-corrected chi connectivity index (χ4v) is 14.6. The molecule has 0 aliphatic heterocycles. The summed E-state index contributed by atoms with van der Waals surface area (Å²) >= 11 is 38.1. The Hall–Kier alpha value is -5.94. The molecule has 6 fully saturated rings. The van der Waals surface area contributed by atoms with Gasteiger partial charge >= 0.3 is 132 Å². The largest absolute Gasteiger partial charge is 2.00 e. The van der Waals surface area contributed by atoms with Crippen LogP contribution in [0.1, 0.15) is 148 Å². The van der Waals surface area contributed by atoms with Crippen LogP contribution in [0.25, 0.3) is 70.3 Å². The number of fused-ring (bicyclic) bond motifs is 6. The molecule has 6 saturated carbocycles. The van der Waals surface area contributed by atoms with Gasteiger partial charge in [-0.2, -0.15) is 4.99 Å². The third-order valence-electron chi connectivity index (χ3n) is 19.7. The number of amides is 1. The van der Waals surface area contributed by atoms with Crippen LogP contribution in [0.2, 0.25) is 5.02 Å². The van der Waals surface area contributed by atoms with Crippen molar-refractivity contribution in [2.45, 2.75) is 107 Å². The summed E-state index contributed by atoms with van der Waals surface area (Å²) in [6.45, 7) is -0.181. The first-order valence-corrected chi connectivity index (χ1v) is 41.9. The SMILES string of the molecule is Brc1cccc2ccccc12.Nc1ccc(C2CC2)c2ccccc12.Nc1n[nH]c(=S)n1-c1ccc(C2CC2)c2ccccc12.O=C(CCl)Nc1ccc(C(=O)O)cc1Cl.O=CO[O-].O=[N+]([O-])O.O=[N+]([O-])c1ccc(C2CC2)c2ccccc12.S=C(Cl)Cl.S=C=Nc1ccc(C2CC2)c2ccccc12.[Br-].[CH-]1CC1.[CH3-].[H-].[HH].[K+].[K+].[Mg+2].[Pd].c1ccc2c(C3CC3)cccc2c1. The summed E-state index contributed by atoms with van der Waals surface area (Å²) in [4.78, 5) is 55.9. The number of aromatic amines is 1. The summed E-state index contributed by atoms with van der Waals surface area (Å²) in [5.74, 6) is 2.46. The number of isothiocyanates is 1. The Labute approximate surface area is 903 Å². The number of carbonyl (C=O) groups excluding carboxylic acids is 2. The number of halogens is 6. The monoisotopic (exact) mass is 2110 g/mol. The van der Waals surface area contributed by atoms with Crippen LogP contribution in [-0.4, -0.2) is 91.3 Å². The molecule has 0 atom stereocenters. The number of carboxylic acid groups (broad SMARTS) is 1. The summed E-state index contributed by atoms with van der Waals surface area (Å²) in [6.07, 6.45) is 18.1. The van der Waals surface area contributed by atoms with Gasteiger partial charge in [-0.05, 0) is 238 Å². The molecule has 14 aromatic rings. The van der Waals surface area contributed by atoms with Gasteiger partial charge in [0.2, 0.25) is 16.6 Å². The molecule has 1 aromatic heterocycles. The molecular weight excluding hydrogens is 2030 g/mol. The topological polar surface area (TPSA) is 320 Å². The maximum absolute atomic E-state index is 10.9. The number of aromatic nitrogens is 3. The van der Waals surface area contributed by atoms with Crippen molar-refractivity contribution in [3.63, 3.8) is 0 Å². The number of anilines is 3. The Bertz CT molecular complexity index is 6020. The number of carboxylic acids is 1. The number of nitro groups is 1. The van der Waals surface area contributed by atoms with Crippen LogP contribution in [-0.2, 0) is 34.9 Å². The third-order valence-corrected chi connectivity index (χ3v) is 21.3. The molecular formula is C93H88Br2Cl4K2MgN9O11PdS3-. The molecule has 8 N–H and O–H groups in total. The molecule has 20 rings (SSSR count). The Balaban J connectivity index is 0.000000489. The Morgan fingerprint density at radius 3 is 1.42 bits per heavy atom. The molecule has 33 heteroatoms. The minimum Gasteiger partial charge on any atom is -1.00 e. The van der Waals surface area contributed by atoms with E-state index in [1.807, 2.05) is 60.7 Å². The van der Waals surface area contributed by atoms with Crippen molar-refractivity contribution in [1.82, 2.24) is 14.8 Å². The number of hydrogen-bond acceptors (Lipinski definition) is 16. The van der Waals surface area contributed by atoms with Gasteiger partial charge in [0.15, 0.2) is 3.78 Å². The van der Waals surface area contributed by atoms with Crippen LogP contribution >= 0.6 is 99.0 Å². The number of alkyl halides is 1. The van der Waals surface area contributed by atoms with Crippen molar-refractivity contribution in [3.05, 3.63) is 330 Å². The Morgan fingerprint density at radius 2 is 1.00 bits per heavy atom. The van der Waals surface area contributed by atoms with E-state index >= 15 is 0 Å². The van der Waals surface area contributed by atoms with Gasteiger partial charge in [0, 0.05) is 54.2 Å². The van der Waals surface area contributed by atoms with Crippen molar-refractivity contribution < 1.29 is 188 Å². The number of aromatic carboxylic acids is 1. The Kier molecular flexibility index (Phi) is 51.2. The minimum atomic E-state index is -1.50. The molecule has 0 spiro atoms. The van der Waals surface area contributed by atoms with Crippen molar-refractivity contribution in [2.75, 3.05) is 22.7 Å². The molecule has 0 bridgehead atoms. The van der Waals surface area contributed by atoms with Gasteiger partial charge in [-0.15, -0.1) is 26.8 Å². The average molecular weight is 2110 g/mol. The summed E-state index contributed by atoms with van der Waals surface area (Å²) in [7, 11) is 0. The number of H-pyrrole nitrogens is 1. The normalized spacial score (nSPS) is 12.8. The number of benzene rings is 13. The van der Waals surface area contributed by atoms with Gasteiger partial charge in [-0.25, -0.2) is 22.7 Å². The van der Waals surface area contributed by atoms with Crippen LogP contribution in [0.4, 0.5) is 28.7 Å². The van der Waals surface area contributed by atoms with E-state index in [4.69, 9.17) is 101 Å². The summed E-state index contributed by atoms with van der Waals surface area (Å²) < 4.78 is 3.41. The quantitative estimate of drug-likeness (QED) is 0.00566. The first-order chi connectivity index (χ1) is 58.0. The second kappa shape index (κ2) is 57.4. The molecule has 13 aromatic carbocycles.